The van der Waals surface area contributed by atoms with E-state index < -0.39 is 5.91 Å². The maximum Gasteiger partial charge on any atom is 0.248 e. The molecule has 0 aromatic heterocycles. The number of hydrogen-bond acceptors (Lipinski definition) is 4. The maximum absolute atomic E-state index is 11.0. The minimum Gasteiger partial charge on any atom is -0.508 e. The molecule has 0 bridgehead atoms. The minimum atomic E-state index is -0.477. The van der Waals surface area contributed by atoms with Crippen LogP contribution in [0.3, 0.4) is 0 Å². The molecule has 1 amide bonds. The van der Waals surface area contributed by atoms with Crippen LogP contribution in [-0.2, 0) is 0 Å². The van der Waals surface area contributed by atoms with Gasteiger partial charge in [0.1, 0.15) is 11.5 Å². The predicted molar refractivity (Wildman–Crippen MR) is 76.8 cm³/mol. The van der Waals surface area contributed by atoms with Crippen molar-refractivity contribution in [3.8, 4) is 11.5 Å². The summed E-state index contributed by atoms with van der Waals surface area (Å²) in [5, 5.41) is 22.4. The van der Waals surface area contributed by atoms with E-state index in [-0.39, 0.29) is 17.5 Å². The number of benzene rings is 2. The molecule has 0 aliphatic heterocycles. The van der Waals surface area contributed by atoms with Crippen LogP contribution in [0.1, 0.15) is 28.9 Å². The fourth-order valence-electron chi connectivity index (χ4n) is 1.95. The average Bonchev–Trinajstić information content (AvgIpc) is 2.42. The molecule has 0 heterocycles. The molecule has 2 aromatic rings. The van der Waals surface area contributed by atoms with E-state index in [0.717, 1.165) is 5.69 Å². The number of primary amides is 1. The van der Waals surface area contributed by atoms with Gasteiger partial charge in [0.05, 0.1) is 6.04 Å². The average molecular weight is 272 g/mol. The van der Waals surface area contributed by atoms with E-state index >= 15 is 0 Å². The molecule has 0 radical (unpaired) electrons. The highest BCUT2D eigenvalue weighted by Crippen LogP contribution is 2.29. The lowest BCUT2D eigenvalue weighted by molar-refractivity contribution is 0.100. The first-order valence-corrected chi connectivity index (χ1v) is 6.15. The summed E-state index contributed by atoms with van der Waals surface area (Å²) in [7, 11) is 0. The molecule has 0 saturated carbocycles. The molecular formula is C15H16N2O3. The number of carbonyl (C=O) groups is 1. The van der Waals surface area contributed by atoms with E-state index in [1.165, 1.54) is 18.2 Å². The van der Waals surface area contributed by atoms with E-state index in [4.69, 9.17) is 5.73 Å². The molecule has 1 atom stereocenters. The van der Waals surface area contributed by atoms with Gasteiger partial charge in [-0.25, -0.2) is 0 Å². The highest BCUT2D eigenvalue weighted by atomic mass is 16.3. The molecule has 5 N–H and O–H groups in total. The van der Waals surface area contributed by atoms with Crippen LogP contribution in [0.5, 0.6) is 11.5 Å². The van der Waals surface area contributed by atoms with Crippen molar-refractivity contribution < 1.29 is 15.0 Å². The summed E-state index contributed by atoms with van der Waals surface area (Å²) >= 11 is 0. The normalized spacial score (nSPS) is 11.8. The number of phenolic OH excluding ortho intramolecular Hbond substituents is 2. The summed E-state index contributed by atoms with van der Waals surface area (Å²) in [5.74, 6) is -0.276. The van der Waals surface area contributed by atoms with Crippen LogP contribution in [0, 0.1) is 0 Å². The van der Waals surface area contributed by atoms with Gasteiger partial charge in [-0.15, -0.1) is 0 Å². The Morgan fingerprint density at radius 2 is 1.80 bits per heavy atom. The van der Waals surface area contributed by atoms with Crippen LogP contribution in [0.2, 0.25) is 0 Å². The number of aromatic hydroxyl groups is 2. The van der Waals surface area contributed by atoms with Gasteiger partial charge in [0.15, 0.2) is 0 Å². The Balaban J connectivity index is 2.16. The van der Waals surface area contributed by atoms with Crippen LogP contribution in [0.15, 0.2) is 42.5 Å². The number of phenols is 2. The van der Waals surface area contributed by atoms with E-state index in [2.05, 4.69) is 5.32 Å². The first kappa shape index (κ1) is 13.7. The van der Waals surface area contributed by atoms with Gasteiger partial charge in [-0.1, -0.05) is 0 Å². The fourth-order valence-corrected chi connectivity index (χ4v) is 1.95. The zero-order valence-electron chi connectivity index (χ0n) is 11.0. The summed E-state index contributed by atoms with van der Waals surface area (Å²) in [6.45, 7) is 1.86. The lowest BCUT2D eigenvalue weighted by Gasteiger charge is -2.17. The lowest BCUT2D eigenvalue weighted by Crippen LogP contribution is -2.11. The van der Waals surface area contributed by atoms with E-state index in [1.54, 1.807) is 24.3 Å². The van der Waals surface area contributed by atoms with Gasteiger partial charge in [-0.3, -0.25) is 4.79 Å². The standard InChI is InChI=1S/C15H16N2O3/c1-9(13-8-12(18)6-7-14(13)19)17-11-4-2-10(3-5-11)15(16)20/h2-9,17-19H,1H3,(H2,16,20). The Labute approximate surface area is 116 Å². The van der Waals surface area contributed by atoms with Crippen molar-refractivity contribution in [3.05, 3.63) is 53.6 Å². The first-order valence-electron chi connectivity index (χ1n) is 6.15. The van der Waals surface area contributed by atoms with Gasteiger partial charge in [-0.05, 0) is 49.4 Å². The molecule has 20 heavy (non-hydrogen) atoms. The zero-order chi connectivity index (χ0) is 14.7. The third-order valence-electron chi connectivity index (χ3n) is 3.03. The van der Waals surface area contributed by atoms with Crippen molar-refractivity contribution in [2.45, 2.75) is 13.0 Å². The number of hydrogen-bond donors (Lipinski definition) is 4. The number of nitrogens with two attached hydrogens (primary N) is 1. The minimum absolute atomic E-state index is 0.0931. The van der Waals surface area contributed by atoms with Crippen molar-refractivity contribution in [1.29, 1.82) is 0 Å². The van der Waals surface area contributed by atoms with Crippen molar-refractivity contribution in [1.82, 2.24) is 0 Å². The van der Waals surface area contributed by atoms with Gasteiger partial charge >= 0.3 is 0 Å². The molecule has 5 nitrogen and oxygen atoms in total. The van der Waals surface area contributed by atoms with Crippen LogP contribution in [0.4, 0.5) is 5.69 Å². The van der Waals surface area contributed by atoms with Crippen LogP contribution < -0.4 is 11.1 Å². The smallest absolute Gasteiger partial charge is 0.248 e. The van der Waals surface area contributed by atoms with Crippen molar-refractivity contribution in [3.63, 3.8) is 0 Å². The molecule has 2 rings (SSSR count). The number of amides is 1. The Morgan fingerprint density at radius 3 is 2.40 bits per heavy atom. The van der Waals surface area contributed by atoms with E-state index in [0.29, 0.717) is 11.1 Å². The Bertz CT molecular complexity index is 624. The first-order chi connectivity index (χ1) is 9.47. The van der Waals surface area contributed by atoms with E-state index in [1.807, 2.05) is 6.92 Å². The molecule has 0 aliphatic carbocycles. The topological polar surface area (TPSA) is 95.6 Å². The number of anilines is 1. The molecule has 2 aromatic carbocycles. The maximum atomic E-state index is 11.0. The molecule has 104 valence electrons. The number of carbonyl (C=O) groups excluding carboxylic acids is 1. The van der Waals surface area contributed by atoms with Crippen molar-refractivity contribution in [2.75, 3.05) is 5.32 Å². The summed E-state index contributed by atoms with van der Waals surface area (Å²) in [6, 6.07) is 10.9. The Morgan fingerprint density at radius 1 is 1.15 bits per heavy atom. The fraction of sp³-hybridized carbons (Fsp3) is 0.133. The Kier molecular flexibility index (Phi) is 3.79. The van der Waals surface area contributed by atoms with Crippen LogP contribution in [-0.4, -0.2) is 16.1 Å². The third kappa shape index (κ3) is 3.00. The highest BCUT2D eigenvalue weighted by molar-refractivity contribution is 5.93. The SMILES string of the molecule is CC(Nc1ccc(C(N)=O)cc1)c1cc(O)ccc1O. The monoisotopic (exact) mass is 272 g/mol. The molecule has 0 spiro atoms. The van der Waals surface area contributed by atoms with Crippen LogP contribution >= 0.6 is 0 Å². The van der Waals surface area contributed by atoms with Gasteiger partial charge in [0, 0.05) is 16.8 Å². The number of rotatable bonds is 4. The summed E-state index contributed by atoms with van der Waals surface area (Å²) in [4.78, 5) is 11.0. The van der Waals surface area contributed by atoms with Crippen molar-refractivity contribution in [2.24, 2.45) is 5.73 Å². The molecule has 0 saturated heterocycles. The largest absolute Gasteiger partial charge is 0.508 e. The third-order valence-corrected chi connectivity index (χ3v) is 3.03. The second kappa shape index (κ2) is 5.52. The van der Waals surface area contributed by atoms with E-state index in [9.17, 15) is 15.0 Å². The van der Waals surface area contributed by atoms with Gasteiger partial charge in [0.25, 0.3) is 0 Å². The summed E-state index contributed by atoms with van der Waals surface area (Å²) < 4.78 is 0. The Hall–Kier alpha value is -2.69. The molecule has 0 aliphatic rings. The second-order valence-electron chi connectivity index (χ2n) is 4.55. The lowest BCUT2D eigenvalue weighted by atomic mass is 10.1. The highest BCUT2D eigenvalue weighted by Gasteiger charge is 2.11. The predicted octanol–water partition coefficient (Wildman–Crippen LogP) is 2.37. The molecule has 5 heteroatoms. The molecular weight excluding hydrogens is 256 g/mol. The molecule has 1 unspecified atom stereocenters. The summed E-state index contributed by atoms with van der Waals surface area (Å²) in [6.07, 6.45) is 0. The van der Waals surface area contributed by atoms with Gasteiger partial charge in [-0.2, -0.15) is 0 Å². The molecule has 0 fully saturated rings. The van der Waals surface area contributed by atoms with Crippen molar-refractivity contribution >= 4 is 11.6 Å². The van der Waals surface area contributed by atoms with Gasteiger partial charge in [0.2, 0.25) is 5.91 Å². The summed E-state index contributed by atoms with van der Waals surface area (Å²) in [5.41, 5.74) is 6.98. The zero-order valence-corrected chi connectivity index (χ0v) is 11.0. The quantitative estimate of drug-likeness (QED) is 0.642. The second-order valence-corrected chi connectivity index (χ2v) is 4.55. The van der Waals surface area contributed by atoms with Gasteiger partial charge < -0.3 is 21.3 Å². The number of nitrogens with one attached hydrogen (secondary N) is 1. The van der Waals surface area contributed by atoms with Crippen LogP contribution in [0.25, 0.3) is 0 Å².